The van der Waals surface area contributed by atoms with Gasteiger partial charge in [-0.15, -0.1) is 0 Å². The number of hydrogen-bond acceptors (Lipinski definition) is 1. The van der Waals surface area contributed by atoms with Crippen LogP contribution in [0.1, 0.15) is 29.8 Å². The van der Waals surface area contributed by atoms with Crippen molar-refractivity contribution >= 4 is 17.4 Å². The highest BCUT2D eigenvalue weighted by Crippen LogP contribution is 2.36. The number of hydrogen-bond donors (Lipinski definition) is 0. The molecule has 1 aromatic rings. The van der Waals surface area contributed by atoms with Crippen LogP contribution in [0.3, 0.4) is 0 Å². The van der Waals surface area contributed by atoms with Gasteiger partial charge in [0.25, 0.3) is 0 Å². The van der Waals surface area contributed by atoms with Crippen molar-refractivity contribution in [3.05, 3.63) is 34.3 Å². The number of carbonyl (C=O) groups excluding carboxylic acids is 1. The van der Waals surface area contributed by atoms with Crippen LogP contribution in [0.2, 0.25) is 5.02 Å². The SMILES string of the molecule is CC(C)C(=O)c1cccc(C(F)(F)F)c1Cl. The van der Waals surface area contributed by atoms with E-state index in [2.05, 4.69) is 0 Å². The first-order chi connectivity index (χ1) is 7.25. The Morgan fingerprint density at radius 2 is 1.88 bits per heavy atom. The number of rotatable bonds is 2. The highest BCUT2D eigenvalue weighted by Gasteiger charge is 2.34. The molecule has 0 atom stereocenters. The lowest BCUT2D eigenvalue weighted by molar-refractivity contribution is -0.137. The first-order valence-corrected chi connectivity index (χ1v) is 5.03. The van der Waals surface area contributed by atoms with Gasteiger partial charge in [0.15, 0.2) is 5.78 Å². The molecule has 0 bridgehead atoms. The highest BCUT2D eigenvalue weighted by molar-refractivity contribution is 6.34. The number of carbonyl (C=O) groups is 1. The smallest absolute Gasteiger partial charge is 0.294 e. The molecule has 1 rings (SSSR count). The maximum atomic E-state index is 12.5. The summed E-state index contributed by atoms with van der Waals surface area (Å²) in [7, 11) is 0. The predicted octanol–water partition coefficient (Wildman–Crippen LogP) is 4.20. The molecule has 1 nitrogen and oxygen atoms in total. The fraction of sp³-hybridized carbons (Fsp3) is 0.364. The van der Waals surface area contributed by atoms with Crippen molar-refractivity contribution in [2.75, 3.05) is 0 Å². The third-order valence-electron chi connectivity index (χ3n) is 2.09. The van der Waals surface area contributed by atoms with E-state index in [0.717, 1.165) is 6.07 Å². The van der Waals surface area contributed by atoms with Crippen molar-refractivity contribution in [2.24, 2.45) is 5.92 Å². The first kappa shape index (κ1) is 13.0. The zero-order valence-corrected chi connectivity index (χ0v) is 9.49. The molecule has 0 spiro atoms. The molecule has 0 radical (unpaired) electrons. The Hall–Kier alpha value is -1.03. The van der Waals surface area contributed by atoms with E-state index in [0.29, 0.717) is 0 Å². The van der Waals surface area contributed by atoms with Crippen molar-refractivity contribution in [2.45, 2.75) is 20.0 Å². The molecule has 0 aromatic heterocycles. The zero-order valence-electron chi connectivity index (χ0n) is 8.73. The molecule has 0 saturated heterocycles. The van der Waals surface area contributed by atoms with Gasteiger partial charge in [-0.1, -0.05) is 31.5 Å². The molecule has 16 heavy (non-hydrogen) atoms. The van der Waals surface area contributed by atoms with Gasteiger partial charge in [0, 0.05) is 11.5 Å². The summed E-state index contributed by atoms with van der Waals surface area (Å²) in [5, 5.41) is -0.520. The lowest BCUT2D eigenvalue weighted by Crippen LogP contribution is -2.12. The second-order valence-electron chi connectivity index (χ2n) is 3.68. The van der Waals surface area contributed by atoms with E-state index in [1.54, 1.807) is 13.8 Å². The molecule has 0 fully saturated rings. The zero-order chi connectivity index (χ0) is 12.5. The molecule has 0 aliphatic carbocycles. The summed E-state index contributed by atoms with van der Waals surface area (Å²) in [5.74, 6) is -0.780. The summed E-state index contributed by atoms with van der Waals surface area (Å²) < 4.78 is 37.5. The van der Waals surface area contributed by atoms with Gasteiger partial charge in [0.05, 0.1) is 10.6 Å². The minimum atomic E-state index is -4.54. The summed E-state index contributed by atoms with van der Waals surface area (Å²) in [5.41, 5.74) is -1.05. The predicted molar refractivity (Wildman–Crippen MR) is 55.6 cm³/mol. The molecular weight excluding hydrogens is 241 g/mol. The van der Waals surface area contributed by atoms with Crippen LogP contribution in [0.4, 0.5) is 13.2 Å². The van der Waals surface area contributed by atoms with Crippen LogP contribution in [0.15, 0.2) is 18.2 Å². The van der Waals surface area contributed by atoms with Crippen LogP contribution < -0.4 is 0 Å². The normalized spacial score (nSPS) is 11.9. The average molecular weight is 251 g/mol. The highest BCUT2D eigenvalue weighted by atomic mass is 35.5. The van der Waals surface area contributed by atoms with E-state index in [4.69, 9.17) is 11.6 Å². The largest absolute Gasteiger partial charge is 0.417 e. The molecule has 0 amide bonds. The van der Waals surface area contributed by atoms with E-state index in [1.807, 2.05) is 0 Å². The monoisotopic (exact) mass is 250 g/mol. The molecule has 0 unspecified atom stereocenters. The van der Waals surface area contributed by atoms with Crippen LogP contribution in [0, 0.1) is 5.92 Å². The van der Waals surface area contributed by atoms with Gasteiger partial charge in [0.2, 0.25) is 0 Å². The van der Waals surface area contributed by atoms with Gasteiger partial charge < -0.3 is 0 Å². The van der Waals surface area contributed by atoms with Crippen LogP contribution in [0.5, 0.6) is 0 Å². The van der Waals surface area contributed by atoms with Crippen molar-refractivity contribution in [1.82, 2.24) is 0 Å². The Balaban J connectivity index is 3.30. The molecule has 1 aromatic carbocycles. The van der Waals surface area contributed by atoms with Crippen molar-refractivity contribution in [3.8, 4) is 0 Å². The van der Waals surface area contributed by atoms with Crippen LogP contribution >= 0.6 is 11.6 Å². The Labute approximate surface area is 96.2 Å². The second kappa shape index (κ2) is 4.45. The fourth-order valence-electron chi connectivity index (χ4n) is 1.25. The summed E-state index contributed by atoms with van der Waals surface area (Å²) in [6.45, 7) is 3.22. The van der Waals surface area contributed by atoms with Crippen LogP contribution in [-0.4, -0.2) is 5.78 Å². The summed E-state index contributed by atoms with van der Waals surface area (Å²) in [4.78, 5) is 11.6. The van der Waals surface area contributed by atoms with Gasteiger partial charge in [-0.3, -0.25) is 4.79 Å². The number of Topliss-reactive ketones (excluding diaryl/α,β-unsaturated/α-hetero) is 1. The third kappa shape index (κ3) is 2.55. The lowest BCUT2D eigenvalue weighted by Gasteiger charge is -2.12. The molecule has 0 aliphatic heterocycles. The van der Waals surface area contributed by atoms with Gasteiger partial charge in [-0.25, -0.2) is 0 Å². The van der Waals surface area contributed by atoms with Gasteiger partial charge >= 0.3 is 6.18 Å². The van der Waals surface area contributed by atoms with E-state index in [9.17, 15) is 18.0 Å². The number of benzene rings is 1. The van der Waals surface area contributed by atoms with Gasteiger partial charge in [-0.05, 0) is 12.1 Å². The van der Waals surface area contributed by atoms with E-state index >= 15 is 0 Å². The van der Waals surface area contributed by atoms with Gasteiger partial charge in [-0.2, -0.15) is 13.2 Å². The third-order valence-corrected chi connectivity index (χ3v) is 2.50. The standard InChI is InChI=1S/C11H10ClF3O/c1-6(2)10(16)7-4-3-5-8(9(7)12)11(13,14)15/h3-6H,1-2H3. The maximum Gasteiger partial charge on any atom is 0.417 e. The fourth-order valence-corrected chi connectivity index (χ4v) is 1.58. The Bertz CT molecular complexity index is 410. The summed E-state index contributed by atoms with van der Waals surface area (Å²) >= 11 is 5.59. The van der Waals surface area contributed by atoms with E-state index < -0.39 is 22.5 Å². The summed E-state index contributed by atoms with van der Waals surface area (Å²) in [6, 6.07) is 3.35. The Morgan fingerprint density at radius 3 is 2.31 bits per heavy atom. The van der Waals surface area contributed by atoms with Crippen LogP contribution in [0.25, 0.3) is 0 Å². The first-order valence-electron chi connectivity index (χ1n) is 4.65. The Morgan fingerprint density at radius 1 is 1.31 bits per heavy atom. The molecule has 0 N–H and O–H groups in total. The van der Waals surface area contributed by atoms with Crippen molar-refractivity contribution < 1.29 is 18.0 Å². The molecular formula is C11H10ClF3O. The minimum absolute atomic E-state index is 0.0773. The van der Waals surface area contributed by atoms with Crippen molar-refractivity contribution in [1.29, 1.82) is 0 Å². The maximum absolute atomic E-state index is 12.5. The van der Waals surface area contributed by atoms with E-state index in [-0.39, 0.29) is 11.5 Å². The molecule has 0 heterocycles. The molecule has 0 saturated carbocycles. The lowest BCUT2D eigenvalue weighted by atomic mass is 9.99. The Kier molecular flexibility index (Phi) is 3.63. The number of alkyl halides is 3. The van der Waals surface area contributed by atoms with E-state index in [1.165, 1.54) is 12.1 Å². The molecule has 5 heteroatoms. The average Bonchev–Trinajstić information content (AvgIpc) is 2.15. The summed E-state index contributed by atoms with van der Waals surface area (Å²) in [6.07, 6.45) is -4.54. The molecule has 0 aliphatic rings. The van der Waals surface area contributed by atoms with Crippen LogP contribution in [-0.2, 0) is 6.18 Å². The number of halogens is 4. The topological polar surface area (TPSA) is 17.1 Å². The second-order valence-corrected chi connectivity index (χ2v) is 4.06. The van der Waals surface area contributed by atoms with Crippen molar-refractivity contribution in [3.63, 3.8) is 0 Å². The number of ketones is 1. The van der Waals surface area contributed by atoms with Gasteiger partial charge in [0.1, 0.15) is 0 Å². The molecule has 88 valence electrons. The minimum Gasteiger partial charge on any atom is -0.294 e. The quantitative estimate of drug-likeness (QED) is 0.719.